The monoisotopic (exact) mass is 666 g/mol. The van der Waals surface area contributed by atoms with E-state index in [0.717, 1.165) is 30.0 Å². The van der Waals surface area contributed by atoms with E-state index in [1.165, 1.54) is 66.8 Å². The van der Waals surface area contributed by atoms with E-state index >= 15 is 0 Å². The zero-order chi connectivity index (χ0) is 34.6. The molecule has 0 N–H and O–H groups in total. The van der Waals surface area contributed by atoms with Crippen LogP contribution in [-0.4, -0.2) is 11.5 Å². The van der Waals surface area contributed by atoms with Crippen molar-refractivity contribution in [2.45, 2.75) is 31.2 Å². The smallest absolute Gasteiger partial charge is 0.155 e. The first-order valence-corrected chi connectivity index (χ1v) is 18.5. The van der Waals surface area contributed by atoms with Gasteiger partial charge in [-0.3, -0.25) is 4.99 Å². The Labute approximate surface area is 305 Å². The zero-order valence-electron chi connectivity index (χ0n) is 29.2. The molecule has 0 spiro atoms. The number of nitrogens with zero attached hydrogens (tertiary/aromatic N) is 2. The lowest BCUT2D eigenvalue weighted by molar-refractivity contribution is 0.432. The third-order valence-electron chi connectivity index (χ3n) is 11.7. The molecule has 0 saturated heterocycles. The van der Waals surface area contributed by atoms with Crippen molar-refractivity contribution in [3.05, 3.63) is 204 Å². The van der Waals surface area contributed by atoms with Crippen molar-refractivity contribution >= 4 is 11.5 Å². The van der Waals surface area contributed by atoms with Gasteiger partial charge in [0.15, 0.2) is 5.84 Å². The van der Waals surface area contributed by atoms with Gasteiger partial charge in [-0.25, -0.2) is 4.99 Å². The average molecular weight is 667 g/mol. The second-order valence-corrected chi connectivity index (χ2v) is 14.6. The number of hydrogen-bond acceptors (Lipinski definition) is 2. The lowest BCUT2D eigenvalue weighted by Crippen LogP contribution is -2.28. The average Bonchev–Trinajstić information content (AvgIpc) is 3.34. The van der Waals surface area contributed by atoms with Crippen molar-refractivity contribution in [2.75, 3.05) is 0 Å². The summed E-state index contributed by atoms with van der Waals surface area (Å²) < 4.78 is 0. The third kappa shape index (κ3) is 4.86. The van der Waals surface area contributed by atoms with E-state index in [0.29, 0.717) is 0 Å². The van der Waals surface area contributed by atoms with Crippen molar-refractivity contribution in [1.29, 1.82) is 0 Å². The molecule has 1 aliphatic heterocycles. The summed E-state index contributed by atoms with van der Waals surface area (Å²) in [4.78, 5) is 11.1. The van der Waals surface area contributed by atoms with E-state index in [-0.39, 0.29) is 17.4 Å². The maximum Gasteiger partial charge on any atom is 0.155 e. The van der Waals surface area contributed by atoms with Gasteiger partial charge in [0, 0.05) is 22.5 Å². The number of amidine groups is 1. The SMILES string of the molecule is CC12CC[C@@H]3C(=NC(c4ccc(-c5ccccc5)cc4)=NC3c3ccccc3)c3cccc(c31)-c1ccccc1-c1ccccc1-c1ccccc12. The molecule has 0 aromatic heterocycles. The topological polar surface area (TPSA) is 24.7 Å². The Morgan fingerprint density at radius 2 is 0.962 bits per heavy atom. The van der Waals surface area contributed by atoms with Crippen LogP contribution in [0, 0.1) is 5.92 Å². The summed E-state index contributed by atoms with van der Waals surface area (Å²) in [5.74, 6) is 0.931. The molecule has 3 aliphatic rings. The molecule has 1 heterocycles. The molecule has 7 aromatic carbocycles. The molecule has 0 saturated carbocycles. The molecule has 0 amide bonds. The van der Waals surface area contributed by atoms with Gasteiger partial charge in [-0.15, -0.1) is 0 Å². The maximum atomic E-state index is 5.61. The predicted molar refractivity (Wildman–Crippen MR) is 216 cm³/mol. The number of fused-ring (bicyclic) bond motifs is 9. The van der Waals surface area contributed by atoms with E-state index in [2.05, 4.69) is 183 Å². The Morgan fingerprint density at radius 3 is 1.65 bits per heavy atom. The van der Waals surface area contributed by atoms with Crippen LogP contribution in [0.4, 0.5) is 0 Å². The first kappa shape index (κ1) is 30.7. The van der Waals surface area contributed by atoms with Crippen molar-refractivity contribution < 1.29 is 0 Å². The Balaban J connectivity index is 1.24. The molecule has 52 heavy (non-hydrogen) atoms. The van der Waals surface area contributed by atoms with Crippen LogP contribution in [0.25, 0.3) is 44.5 Å². The number of hydrogen-bond donors (Lipinski definition) is 0. The van der Waals surface area contributed by atoms with Gasteiger partial charge in [0.25, 0.3) is 0 Å². The highest BCUT2D eigenvalue weighted by molar-refractivity contribution is 6.17. The highest BCUT2D eigenvalue weighted by Gasteiger charge is 2.45. The molecule has 2 unspecified atom stereocenters. The van der Waals surface area contributed by atoms with Crippen LogP contribution < -0.4 is 0 Å². The van der Waals surface area contributed by atoms with Crippen molar-refractivity contribution in [3.63, 3.8) is 0 Å². The Kier molecular flexibility index (Phi) is 7.25. The molecular formula is C50H38N2. The van der Waals surface area contributed by atoms with Crippen LogP contribution >= 0.6 is 0 Å². The molecule has 2 aliphatic carbocycles. The molecule has 2 nitrogen and oxygen atoms in total. The Hall–Kier alpha value is -6.12. The van der Waals surface area contributed by atoms with Crippen LogP contribution in [0.1, 0.15) is 53.6 Å². The summed E-state index contributed by atoms with van der Waals surface area (Å²) in [7, 11) is 0. The summed E-state index contributed by atoms with van der Waals surface area (Å²) in [6, 6.07) is 64.2. The quantitative estimate of drug-likeness (QED) is 0.179. The molecule has 2 heteroatoms. The van der Waals surface area contributed by atoms with E-state index in [1.807, 2.05) is 0 Å². The lowest BCUT2D eigenvalue weighted by Gasteiger charge is -2.35. The minimum atomic E-state index is -0.286. The Morgan fingerprint density at radius 1 is 0.462 bits per heavy atom. The molecule has 7 aromatic rings. The molecular weight excluding hydrogens is 629 g/mol. The van der Waals surface area contributed by atoms with Crippen molar-refractivity contribution in [3.8, 4) is 44.5 Å². The Bertz CT molecular complexity index is 2530. The fourth-order valence-electron chi connectivity index (χ4n) is 9.22. The van der Waals surface area contributed by atoms with Crippen LogP contribution in [0.3, 0.4) is 0 Å². The first-order chi connectivity index (χ1) is 25.7. The third-order valence-corrected chi connectivity index (χ3v) is 11.7. The largest absolute Gasteiger partial charge is 0.257 e. The van der Waals surface area contributed by atoms with Crippen LogP contribution in [0.15, 0.2) is 186 Å². The van der Waals surface area contributed by atoms with Gasteiger partial charge in [0.2, 0.25) is 0 Å². The number of rotatable bonds is 3. The summed E-state index contributed by atoms with van der Waals surface area (Å²) in [5.41, 5.74) is 17.2. The molecule has 248 valence electrons. The number of aliphatic imine (C=N–C) groups is 2. The predicted octanol–water partition coefficient (Wildman–Crippen LogP) is 12.4. The normalized spacial score (nSPS) is 19.8. The van der Waals surface area contributed by atoms with Gasteiger partial charge in [0.1, 0.15) is 0 Å². The zero-order valence-corrected chi connectivity index (χ0v) is 29.2. The van der Waals surface area contributed by atoms with Gasteiger partial charge in [-0.2, -0.15) is 0 Å². The highest BCUT2D eigenvalue weighted by Crippen LogP contribution is 2.54. The summed E-state index contributed by atoms with van der Waals surface area (Å²) >= 11 is 0. The van der Waals surface area contributed by atoms with E-state index in [9.17, 15) is 0 Å². The second kappa shape index (κ2) is 12.3. The van der Waals surface area contributed by atoms with Gasteiger partial charge in [0.05, 0.1) is 11.8 Å². The fraction of sp³-hybridized carbons (Fsp3) is 0.120. The highest BCUT2D eigenvalue weighted by atomic mass is 15.0. The molecule has 0 radical (unpaired) electrons. The standard InChI is InChI=1S/C50H38N2/c1-50-32-31-44-47(35-17-6-3-7-18-35)51-49(36-29-27-34(28-30-36)33-15-4-2-5-16-33)52-48(44)43-25-14-24-42(46(43)50)40-22-11-9-20-38(40)37-19-8-10-21-39(37)41-23-12-13-26-45(41)50/h2-30,44,47H,31-32H2,1H3/t44-,47?,50?/m0/s1. The van der Waals surface area contributed by atoms with Gasteiger partial charge >= 0.3 is 0 Å². The van der Waals surface area contributed by atoms with Crippen molar-refractivity contribution in [1.82, 2.24) is 0 Å². The van der Waals surface area contributed by atoms with E-state index in [1.54, 1.807) is 0 Å². The van der Waals surface area contributed by atoms with Crippen LogP contribution in [-0.2, 0) is 5.41 Å². The molecule has 3 atom stereocenters. The van der Waals surface area contributed by atoms with Crippen LogP contribution in [0.5, 0.6) is 0 Å². The van der Waals surface area contributed by atoms with Gasteiger partial charge < -0.3 is 0 Å². The summed E-state index contributed by atoms with van der Waals surface area (Å²) in [6.45, 7) is 2.49. The van der Waals surface area contributed by atoms with Crippen LogP contribution in [0.2, 0.25) is 0 Å². The summed E-state index contributed by atoms with van der Waals surface area (Å²) in [6.07, 6.45) is 1.94. The van der Waals surface area contributed by atoms with Crippen molar-refractivity contribution in [2.24, 2.45) is 15.9 Å². The molecule has 0 bridgehead atoms. The minimum Gasteiger partial charge on any atom is -0.257 e. The first-order valence-electron chi connectivity index (χ1n) is 18.5. The molecule has 10 rings (SSSR count). The summed E-state index contributed by atoms with van der Waals surface area (Å²) in [5, 5.41) is 0. The number of benzene rings is 7. The minimum absolute atomic E-state index is 0.0486. The van der Waals surface area contributed by atoms with Gasteiger partial charge in [-0.05, 0) is 74.0 Å². The second-order valence-electron chi connectivity index (χ2n) is 14.6. The maximum absolute atomic E-state index is 5.61. The van der Waals surface area contributed by atoms with E-state index < -0.39 is 0 Å². The lowest BCUT2D eigenvalue weighted by atomic mass is 9.68. The molecule has 0 fully saturated rings. The van der Waals surface area contributed by atoms with E-state index in [4.69, 9.17) is 9.98 Å². The fourth-order valence-corrected chi connectivity index (χ4v) is 9.22. The van der Waals surface area contributed by atoms with Gasteiger partial charge in [-0.1, -0.05) is 183 Å².